The Morgan fingerprint density at radius 3 is 2.56 bits per heavy atom. The lowest BCUT2D eigenvalue weighted by Crippen LogP contribution is -2.35. The summed E-state index contributed by atoms with van der Waals surface area (Å²) >= 11 is 0. The first-order chi connectivity index (χ1) is 12.8. The summed E-state index contributed by atoms with van der Waals surface area (Å²) < 4.78 is 10.9. The summed E-state index contributed by atoms with van der Waals surface area (Å²) in [5.41, 5.74) is 2.41. The highest BCUT2D eigenvalue weighted by atomic mass is 16.5. The normalized spacial score (nSPS) is 20.6. The molecule has 1 aromatic carbocycles. The zero-order valence-corrected chi connectivity index (χ0v) is 15.9. The number of aromatic amines is 2. The van der Waals surface area contributed by atoms with Gasteiger partial charge in [-0.05, 0) is 17.9 Å². The maximum absolute atomic E-state index is 13.1. The minimum Gasteiger partial charge on any atom is -0.497 e. The molecule has 3 N–H and O–H groups in total. The van der Waals surface area contributed by atoms with E-state index in [1.54, 1.807) is 20.3 Å². The van der Waals surface area contributed by atoms with Crippen molar-refractivity contribution < 1.29 is 14.3 Å². The zero-order valence-electron chi connectivity index (χ0n) is 15.9. The van der Waals surface area contributed by atoms with E-state index in [0.29, 0.717) is 34.9 Å². The summed E-state index contributed by atoms with van der Waals surface area (Å²) in [5.74, 6) is 1.40. The van der Waals surface area contributed by atoms with Crippen LogP contribution in [0.25, 0.3) is 0 Å². The molecule has 27 heavy (non-hydrogen) atoms. The molecule has 1 aromatic heterocycles. The quantitative estimate of drug-likeness (QED) is 0.773. The number of rotatable bonds is 3. The number of benzene rings is 1. The van der Waals surface area contributed by atoms with Gasteiger partial charge in [0, 0.05) is 29.3 Å². The molecule has 2 aliphatic rings. The molecule has 1 atom stereocenters. The van der Waals surface area contributed by atoms with Gasteiger partial charge in [0.15, 0.2) is 5.78 Å². The highest BCUT2D eigenvalue weighted by Crippen LogP contribution is 2.49. The second kappa shape index (κ2) is 6.04. The van der Waals surface area contributed by atoms with Gasteiger partial charge in [-0.1, -0.05) is 19.9 Å². The van der Waals surface area contributed by atoms with Gasteiger partial charge in [-0.25, -0.2) is 0 Å². The zero-order chi connectivity index (χ0) is 19.3. The number of ether oxygens (including phenoxy) is 2. The summed E-state index contributed by atoms with van der Waals surface area (Å²) in [7, 11) is 3.16. The predicted octanol–water partition coefficient (Wildman–Crippen LogP) is 2.92. The molecular weight excluding hydrogens is 346 g/mol. The molecular formula is C20H23N3O4. The molecule has 0 amide bonds. The molecule has 7 heteroatoms. The van der Waals surface area contributed by atoms with Crippen LogP contribution in [0.15, 0.2) is 34.3 Å². The average molecular weight is 369 g/mol. The van der Waals surface area contributed by atoms with E-state index in [1.807, 2.05) is 12.1 Å². The summed E-state index contributed by atoms with van der Waals surface area (Å²) in [4.78, 5) is 25.7. The molecule has 1 aliphatic carbocycles. The third-order valence-electron chi connectivity index (χ3n) is 5.34. The Morgan fingerprint density at radius 1 is 1.07 bits per heavy atom. The lowest BCUT2D eigenvalue weighted by atomic mass is 9.69. The van der Waals surface area contributed by atoms with Gasteiger partial charge in [0.2, 0.25) is 0 Å². The van der Waals surface area contributed by atoms with Crippen molar-refractivity contribution in [1.82, 2.24) is 10.2 Å². The minimum atomic E-state index is -0.490. The first-order valence-corrected chi connectivity index (χ1v) is 8.90. The molecule has 0 unspecified atom stereocenters. The largest absolute Gasteiger partial charge is 0.497 e. The Bertz CT molecular complexity index is 1010. The van der Waals surface area contributed by atoms with Crippen LogP contribution in [-0.2, 0) is 4.79 Å². The molecule has 0 bridgehead atoms. The van der Waals surface area contributed by atoms with Crippen LogP contribution < -0.4 is 20.3 Å². The Balaban J connectivity index is 1.97. The van der Waals surface area contributed by atoms with E-state index >= 15 is 0 Å². The molecule has 2 aromatic rings. The van der Waals surface area contributed by atoms with Gasteiger partial charge in [-0.2, -0.15) is 0 Å². The molecule has 0 fully saturated rings. The van der Waals surface area contributed by atoms with Crippen molar-refractivity contribution in [1.29, 1.82) is 0 Å². The number of H-pyrrole nitrogens is 2. The summed E-state index contributed by atoms with van der Waals surface area (Å²) in [6, 6.07) is 5.45. The van der Waals surface area contributed by atoms with Crippen LogP contribution in [0.2, 0.25) is 0 Å². The number of anilines is 1. The molecule has 0 saturated heterocycles. The van der Waals surface area contributed by atoms with Crippen LogP contribution >= 0.6 is 0 Å². The number of methoxy groups -OCH3 is 2. The minimum absolute atomic E-state index is 0.0582. The highest BCUT2D eigenvalue weighted by Gasteiger charge is 2.43. The number of carbonyl (C=O) groups is 1. The number of hydrogen-bond acceptors (Lipinski definition) is 5. The fraction of sp³-hybridized carbons (Fsp3) is 0.400. The predicted molar refractivity (Wildman–Crippen MR) is 101 cm³/mol. The van der Waals surface area contributed by atoms with Gasteiger partial charge in [-0.3, -0.25) is 19.8 Å². The number of allylic oxidation sites excluding steroid dienone is 2. The lowest BCUT2D eigenvalue weighted by Gasteiger charge is -2.38. The van der Waals surface area contributed by atoms with Crippen LogP contribution in [0.1, 0.15) is 43.7 Å². The van der Waals surface area contributed by atoms with Gasteiger partial charge < -0.3 is 14.8 Å². The van der Waals surface area contributed by atoms with Gasteiger partial charge in [0.05, 0.1) is 25.7 Å². The smallest absolute Gasteiger partial charge is 0.270 e. The van der Waals surface area contributed by atoms with E-state index in [1.165, 1.54) is 0 Å². The highest BCUT2D eigenvalue weighted by molar-refractivity contribution is 6.01. The molecule has 1 aliphatic heterocycles. The molecule has 2 heterocycles. The van der Waals surface area contributed by atoms with Crippen molar-refractivity contribution in [2.75, 3.05) is 19.5 Å². The van der Waals surface area contributed by atoms with E-state index < -0.39 is 5.92 Å². The van der Waals surface area contributed by atoms with Crippen molar-refractivity contribution >= 4 is 11.6 Å². The van der Waals surface area contributed by atoms with Gasteiger partial charge >= 0.3 is 0 Å². The van der Waals surface area contributed by atoms with Crippen LogP contribution in [0.5, 0.6) is 11.5 Å². The fourth-order valence-electron chi connectivity index (χ4n) is 4.19. The molecule has 7 nitrogen and oxygen atoms in total. The third-order valence-corrected chi connectivity index (χ3v) is 5.34. The Morgan fingerprint density at radius 2 is 1.85 bits per heavy atom. The number of Topliss-reactive ketones (excluding diaryl/α,β-unsaturated/α-hetero) is 1. The second-order valence-corrected chi connectivity index (χ2v) is 7.87. The SMILES string of the molecule is COc1ccc([C@H]2C3=C(CC(C)(C)CC3=O)Nc3[nH][nH]c(=O)c32)c(OC)c1. The number of aromatic nitrogens is 2. The Kier molecular flexibility index (Phi) is 3.91. The molecule has 0 radical (unpaired) electrons. The summed E-state index contributed by atoms with van der Waals surface area (Å²) in [5, 5.41) is 8.81. The van der Waals surface area contributed by atoms with E-state index in [4.69, 9.17) is 9.47 Å². The van der Waals surface area contributed by atoms with Crippen molar-refractivity contribution in [2.24, 2.45) is 5.41 Å². The summed E-state index contributed by atoms with van der Waals surface area (Å²) in [6.45, 7) is 4.16. The fourth-order valence-corrected chi connectivity index (χ4v) is 4.19. The number of fused-ring (bicyclic) bond motifs is 1. The van der Waals surface area contributed by atoms with Crippen LogP contribution in [0.4, 0.5) is 5.82 Å². The molecule has 0 saturated carbocycles. The average Bonchev–Trinajstić information content (AvgIpc) is 2.99. The third kappa shape index (κ3) is 2.74. The van der Waals surface area contributed by atoms with Crippen molar-refractivity contribution in [2.45, 2.75) is 32.6 Å². The monoisotopic (exact) mass is 369 g/mol. The van der Waals surface area contributed by atoms with Crippen molar-refractivity contribution in [3.8, 4) is 11.5 Å². The van der Waals surface area contributed by atoms with E-state index in [9.17, 15) is 9.59 Å². The van der Waals surface area contributed by atoms with E-state index in [2.05, 4.69) is 29.4 Å². The van der Waals surface area contributed by atoms with Crippen molar-refractivity contribution in [3.63, 3.8) is 0 Å². The van der Waals surface area contributed by atoms with Gasteiger partial charge in [0.1, 0.15) is 17.3 Å². The van der Waals surface area contributed by atoms with Crippen LogP contribution in [0.3, 0.4) is 0 Å². The first-order valence-electron chi connectivity index (χ1n) is 8.90. The van der Waals surface area contributed by atoms with Crippen molar-refractivity contribution in [3.05, 3.63) is 50.9 Å². The second-order valence-electron chi connectivity index (χ2n) is 7.87. The number of nitrogens with one attached hydrogen (secondary N) is 3. The van der Waals surface area contributed by atoms with Crippen LogP contribution in [-0.4, -0.2) is 30.2 Å². The Labute approximate surface area is 156 Å². The Hall–Kier alpha value is -2.96. The van der Waals surface area contributed by atoms with Crippen LogP contribution in [0, 0.1) is 5.41 Å². The van der Waals surface area contributed by atoms with Gasteiger partial charge in [0.25, 0.3) is 5.56 Å². The number of ketones is 1. The molecule has 4 rings (SSSR count). The van der Waals surface area contributed by atoms with E-state index in [0.717, 1.165) is 17.7 Å². The maximum Gasteiger partial charge on any atom is 0.270 e. The van der Waals surface area contributed by atoms with Gasteiger partial charge in [-0.15, -0.1) is 0 Å². The number of carbonyl (C=O) groups excluding carboxylic acids is 1. The standard InChI is InChI=1S/C20H23N3O4/c1-20(2)8-12-16(13(24)9-20)15(17-18(21-12)22-23-19(17)25)11-6-5-10(26-3)7-14(11)27-4/h5-7,15H,8-9H2,1-4H3,(H3,21,22,23,25)/t15-/m0/s1. The first kappa shape index (κ1) is 17.5. The molecule has 142 valence electrons. The molecule has 0 spiro atoms. The summed E-state index contributed by atoms with van der Waals surface area (Å²) in [6.07, 6.45) is 1.18. The number of hydrogen-bond donors (Lipinski definition) is 3. The topological polar surface area (TPSA) is 96.2 Å². The maximum atomic E-state index is 13.1. The lowest BCUT2D eigenvalue weighted by molar-refractivity contribution is -0.118. The van der Waals surface area contributed by atoms with E-state index in [-0.39, 0.29) is 16.8 Å².